The number of nitro benzene ring substituents is 1. The van der Waals surface area contributed by atoms with Gasteiger partial charge in [-0.1, -0.05) is 6.92 Å². The fourth-order valence-electron chi connectivity index (χ4n) is 4.18. The summed E-state index contributed by atoms with van der Waals surface area (Å²) >= 11 is 0. The summed E-state index contributed by atoms with van der Waals surface area (Å²) in [4.78, 5) is 27.7. The molecule has 1 fully saturated rings. The van der Waals surface area contributed by atoms with E-state index in [1.54, 1.807) is 12.1 Å². The van der Waals surface area contributed by atoms with Crippen molar-refractivity contribution in [3.8, 4) is 0 Å². The van der Waals surface area contributed by atoms with E-state index in [-0.39, 0.29) is 11.6 Å². The number of anilines is 1. The Morgan fingerprint density at radius 2 is 1.90 bits per heavy atom. The topological polar surface area (TPSA) is 104 Å². The van der Waals surface area contributed by atoms with Crippen LogP contribution in [0.5, 0.6) is 0 Å². The summed E-state index contributed by atoms with van der Waals surface area (Å²) in [5.41, 5.74) is 6.27. The molecule has 9 heteroatoms. The fourth-order valence-corrected chi connectivity index (χ4v) is 4.18. The van der Waals surface area contributed by atoms with Gasteiger partial charge in [0, 0.05) is 55.9 Å². The van der Waals surface area contributed by atoms with E-state index in [1.807, 2.05) is 11.8 Å². The summed E-state index contributed by atoms with van der Waals surface area (Å²) in [6.07, 6.45) is 2.45. The zero-order chi connectivity index (χ0) is 22.0. The molecule has 0 radical (unpaired) electrons. The first kappa shape index (κ1) is 21.0. The maximum Gasteiger partial charge on any atom is 0.289 e. The molecule has 1 saturated heterocycles. The molecule has 2 aromatic rings. The molecule has 0 atom stereocenters. The Morgan fingerprint density at radius 3 is 2.55 bits per heavy atom. The quantitative estimate of drug-likeness (QED) is 0.581. The number of amides is 1. The number of aryl methyl sites for hydroxylation is 1. The number of benzene rings is 1. The van der Waals surface area contributed by atoms with Gasteiger partial charge in [-0.05, 0) is 38.4 Å². The van der Waals surface area contributed by atoms with Gasteiger partial charge in [-0.25, -0.2) is 0 Å². The van der Waals surface area contributed by atoms with Crippen molar-refractivity contribution in [1.82, 2.24) is 9.80 Å². The van der Waals surface area contributed by atoms with Crippen LogP contribution in [-0.2, 0) is 6.42 Å². The van der Waals surface area contributed by atoms with Crippen LogP contribution in [0, 0.1) is 17.0 Å². The van der Waals surface area contributed by atoms with Crippen LogP contribution in [0.4, 0.5) is 11.4 Å². The Kier molecular flexibility index (Phi) is 6.03. The maximum atomic E-state index is 13.1. The second-order valence-corrected chi connectivity index (χ2v) is 7.91. The molecule has 2 aliphatic rings. The van der Waals surface area contributed by atoms with Gasteiger partial charge in [0.25, 0.3) is 11.6 Å². The van der Waals surface area contributed by atoms with Crippen molar-refractivity contribution in [2.24, 2.45) is 5.10 Å². The molecule has 1 N–H and O–H groups in total. The van der Waals surface area contributed by atoms with E-state index in [4.69, 9.17) is 4.42 Å². The van der Waals surface area contributed by atoms with Crippen molar-refractivity contribution in [3.63, 3.8) is 0 Å². The SMILES string of the molecule is CCN1CCN(C(=O)c2oc3c(c2C)/C(=N/Nc2ccc([N+](=O)[O-])cc2)CCC3)CC1. The van der Waals surface area contributed by atoms with Crippen molar-refractivity contribution < 1.29 is 14.1 Å². The summed E-state index contributed by atoms with van der Waals surface area (Å²) in [6, 6.07) is 6.12. The molecule has 31 heavy (non-hydrogen) atoms. The summed E-state index contributed by atoms with van der Waals surface area (Å²) < 4.78 is 6.04. The van der Waals surface area contributed by atoms with Crippen LogP contribution in [0.1, 0.15) is 47.2 Å². The normalized spacial score (nSPS) is 18.1. The van der Waals surface area contributed by atoms with E-state index < -0.39 is 4.92 Å². The lowest BCUT2D eigenvalue weighted by Crippen LogP contribution is -2.48. The van der Waals surface area contributed by atoms with Crippen LogP contribution in [-0.4, -0.2) is 59.1 Å². The molecule has 1 aliphatic carbocycles. The van der Waals surface area contributed by atoms with E-state index in [0.717, 1.165) is 61.5 Å². The molecule has 1 aromatic heterocycles. The molecular formula is C22H27N5O4. The molecule has 0 bridgehead atoms. The van der Waals surface area contributed by atoms with Gasteiger partial charge in [-0.3, -0.25) is 20.3 Å². The first-order valence-corrected chi connectivity index (χ1v) is 10.7. The number of hydrogen-bond acceptors (Lipinski definition) is 7. The lowest BCUT2D eigenvalue weighted by atomic mass is 9.93. The highest BCUT2D eigenvalue weighted by Crippen LogP contribution is 2.31. The second kappa shape index (κ2) is 8.89. The van der Waals surface area contributed by atoms with Gasteiger partial charge < -0.3 is 14.2 Å². The minimum absolute atomic E-state index is 0.0340. The number of fused-ring (bicyclic) bond motifs is 1. The molecule has 2 heterocycles. The molecule has 164 valence electrons. The Balaban J connectivity index is 1.53. The molecule has 1 amide bonds. The highest BCUT2D eigenvalue weighted by atomic mass is 16.6. The van der Waals surface area contributed by atoms with Crippen LogP contribution in [0.15, 0.2) is 33.8 Å². The molecule has 0 saturated carbocycles. The number of rotatable bonds is 5. The van der Waals surface area contributed by atoms with Gasteiger partial charge in [0.15, 0.2) is 5.76 Å². The van der Waals surface area contributed by atoms with E-state index in [9.17, 15) is 14.9 Å². The Labute approximate surface area is 180 Å². The number of likely N-dealkylation sites (N-methyl/N-ethyl adjacent to an activating group) is 1. The largest absolute Gasteiger partial charge is 0.455 e. The number of carbonyl (C=O) groups excluding carboxylic acids is 1. The average molecular weight is 425 g/mol. The Bertz CT molecular complexity index is 1000. The number of nitrogens with zero attached hydrogens (tertiary/aromatic N) is 4. The first-order chi connectivity index (χ1) is 15.0. The van der Waals surface area contributed by atoms with Crippen LogP contribution in [0.2, 0.25) is 0 Å². The van der Waals surface area contributed by atoms with E-state index in [1.165, 1.54) is 12.1 Å². The first-order valence-electron chi connectivity index (χ1n) is 10.7. The third kappa shape index (κ3) is 4.32. The number of hydrogen-bond donors (Lipinski definition) is 1. The number of carbonyl (C=O) groups is 1. The summed E-state index contributed by atoms with van der Waals surface area (Å²) in [5, 5.41) is 15.4. The third-order valence-corrected chi connectivity index (χ3v) is 6.02. The minimum Gasteiger partial charge on any atom is -0.455 e. The summed E-state index contributed by atoms with van der Waals surface area (Å²) in [7, 11) is 0. The molecular weight excluding hydrogens is 398 g/mol. The molecule has 1 aliphatic heterocycles. The van der Waals surface area contributed by atoms with Crippen molar-refractivity contribution >= 4 is 23.0 Å². The minimum atomic E-state index is -0.432. The van der Waals surface area contributed by atoms with Crippen LogP contribution < -0.4 is 5.43 Å². The van der Waals surface area contributed by atoms with Gasteiger partial charge in [0.05, 0.1) is 16.3 Å². The average Bonchev–Trinajstić information content (AvgIpc) is 3.14. The Morgan fingerprint density at radius 1 is 1.19 bits per heavy atom. The van der Waals surface area contributed by atoms with Crippen molar-refractivity contribution in [2.75, 3.05) is 38.1 Å². The van der Waals surface area contributed by atoms with Crippen molar-refractivity contribution in [3.05, 3.63) is 57.0 Å². The second-order valence-electron chi connectivity index (χ2n) is 7.91. The lowest BCUT2D eigenvalue weighted by Gasteiger charge is -2.33. The van der Waals surface area contributed by atoms with Crippen LogP contribution in [0.25, 0.3) is 0 Å². The Hall–Kier alpha value is -3.20. The summed E-state index contributed by atoms with van der Waals surface area (Å²) in [6.45, 7) is 8.23. The number of piperazine rings is 1. The number of nitrogens with one attached hydrogen (secondary N) is 1. The zero-order valence-electron chi connectivity index (χ0n) is 17.9. The number of hydrazone groups is 1. The van der Waals surface area contributed by atoms with Crippen LogP contribution in [0.3, 0.4) is 0 Å². The monoisotopic (exact) mass is 425 g/mol. The number of nitro groups is 1. The van der Waals surface area contributed by atoms with Gasteiger partial charge in [0.1, 0.15) is 5.76 Å². The fraction of sp³-hybridized carbons (Fsp3) is 0.455. The zero-order valence-corrected chi connectivity index (χ0v) is 17.9. The third-order valence-electron chi connectivity index (χ3n) is 6.02. The smallest absolute Gasteiger partial charge is 0.289 e. The van der Waals surface area contributed by atoms with E-state index in [0.29, 0.717) is 24.5 Å². The number of non-ortho nitro benzene ring substituents is 1. The van der Waals surface area contributed by atoms with Gasteiger partial charge >= 0.3 is 0 Å². The molecule has 9 nitrogen and oxygen atoms in total. The van der Waals surface area contributed by atoms with E-state index in [2.05, 4.69) is 22.4 Å². The molecule has 0 unspecified atom stereocenters. The summed E-state index contributed by atoms with van der Waals surface area (Å²) in [5.74, 6) is 1.17. The highest BCUT2D eigenvalue weighted by molar-refractivity contribution is 6.06. The van der Waals surface area contributed by atoms with Gasteiger partial charge in [-0.2, -0.15) is 5.10 Å². The van der Waals surface area contributed by atoms with Crippen molar-refractivity contribution in [2.45, 2.75) is 33.1 Å². The molecule has 0 spiro atoms. The predicted molar refractivity (Wildman–Crippen MR) is 118 cm³/mol. The van der Waals surface area contributed by atoms with Gasteiger partial charge in [-0.15, -0.1) is 0 Å². The predicted octanol–water partition coefficient (Wildman–Crippen LogP) is 3.43. The van der Waals surface area contributed by atoms with Crippen LogP contribution >= 0.6 is 0 Å². The molecule has 1 aromatic carbocycles. The van der Waals surface area contributed by atoms with Gasteiger partial charge in [0.2, 0.25) is 0 Å². The highest BCUT2D eigenvalue weighted by Gasteiger charge is 2.31. The lowest BCUT2D eigenvalue weighted by molar-refractivity contribution is -0.384. The van der Waals surface area contributed by atoms with E-state index >= 15 is 0 Å². The number of furan rings is 1. The maximum absolute atomic E-state index is 13.1. The standard InChI is InChI=1S/C22H27N5O4/c1-3-25-11-13-26(14-12-25)22(28)21-15(2)20-18(5-4-6-19(20)31-21)24-23-16-7-9-17(10-8-16)27(29)30/h7-10,23H,3-6,11-14H2,1-2H3/b24-18+. The van der Waals surface area contributed by atoms with Crippen molar-refractivity contribution in [1.29, 1.82) is 0 Å². The molecule has 4 rings (SSSR count).